The van der Waals surface area contributed by atoms with E-state index in [-0.39, 0.29) is 24.3 Å². The van der Waals surface area contributed by atoms with Crippen molar-refractivity contribution in [2.24, 2.45) is 0 Å². The van der Waals surface area contributed by atoms with Gasteiger partial charge in [0.05, 0.1) is 11.1 Å². The Morgan fingerprint density at radius 2 is 0.921 bits per heavy atom. The zero-order valence-electron chi connectivity index (χ0n) is 20.7. The average molecular weight is 499 g/mol. The van der Waals surface area contributed by atoms with Gasteiger partial charge in [-0.3, -0.25) is 0 Å². The molecule has 4 heteroatoms. The first-order chi connectivity index (χ1) is 18.7. The van der Waals surface area contributed by atoms with Crippen LogP contribution in [0.5, 0.6) is 0 Å². The summed E-state index contributed by atoms with van der Waals surface area (Å²) < 4.78 is 11.4. The van der Waals surface area contributed by atoms with Crippen molar-refractivity contribution in [1.82, 2.24) is 0 Å². The van der Waals surface area contributed by atoms with Gasteiger partial charge in [0.1, 0.15) is 13.2 Å². The monoisotopic (exact) mass is 498 g/mol. The third-order valence-electron chi connectivity index (χ3n) is 6.20. The summed E-state index contributed by atoms with van der Waals surface area (Å²) in [7, 11) is 0. The fraction of sp³-hybridized carbons (Fsp3) is 0.0588. The molecule has 5 aromatic rings. The minimum absolute atomic E-state index is 0.0853. The lowest BCUT2D eigenvalue weighted by molar-refractivity contribution is 0.0426. The van der Waals surface area contributed by atoms with Crippen LogP contribution >= 0.6 is 0 Å². The third kappa shape index (κ3) is 5.71. The summed E-state index contributed by atoms with van der Waals surface area (Å²) in [5.41, 5.74) is 5.24. The van der Waals surface area contributed by atoms with E-state index < -0.39 is 11.9 Å². The van der Waals surface area contributed by atoms with Crippen molar-refractivity contribution in [3.63, 3.8) is 0 Å². The number of carbonyl (C=O) groups excluding carboxylic acids is 2. The van der Waals surface area contributed by atoms with Crippen molar-refractivity contribution in [2.75, 3.05) is 0 Å². The number of rotatable bonds is 8. The van der Waals surface area contributed by atoms with E-state index in [1.165, 1.54) is 0 Å². The van der Waals surface area contributed by atoms with Gasteiger partial charge in [-0.2, -0.15) is 0 Å². The van der Waals surface area contributed by atoms with Crippen molar-refractivity contribution in [3.8, 4) is 22.3 Å². The van der Waals surface area contributed by atoms with Gasteiger partial charge in [0.15, 0.2) is 0 Å². The van der Waals surface area contributed by atoms with Crippen LogP contribution < -0.4 is 0 Å². The van der Waals surface area contributed by atoms with Gasteiger partial charge >= 0.3 is 11.9 Å². The van der Waals surface area contributed by atoms with E-state index in [1.807, 2.05) is 127 Å². The van der Waals surface area contributed by atoms with E-state index in [1.54, 1.807) is 6.07 Å². The first-order valence-electron chi connectivity index (χ1n) is 12.4. The zero-order valence-corrected chi connectivity index (χ0v) is 20.7. The molecule has 186 valence electrons. The van der Waals surface area contributed by atoms with Crippen LogP contribution in [-0.4, -0.2) is 11.9 Å². The average Bonchev–Trinajstić information content (AvgIpc) is 3.00. The Morgan fingerprint density at radius 3 is 1.45 bits per heavy atom. The van der Waals surface area contributed by atoms with Crippen LogP contribution in [0.25, 0.3) is 22.3 Å². The molecular formula is C34H26O4. The molecule has 0 N–H and O–H groups in total. The number of esters is 2. The van der Waals surface area contributed by atoms with Crippen molar-refractivity contribution < 1.29 is 19.1 Å². The molecule has 0 saturated heterocycles. The molecular weight excluding hydrogens is 472 g/mol. The maximum atomic E-state index is 13.8. The lowest BCUT2D eigenvalue weighted by Crippen LogP contribution is -2.16. The van der Waals surface area contributed by atoms with Crippen LogP contribution in [0.1, 0.15) is 31.8 Å². The Labute approximate surface area is 222 Å². The summed E-state index contributed by atoms with van der Waals surface area (Å²) in [6, 6.07) is 41.8. The van der Waals surface area contributed by atoms with Crippen molar-refractivity contribution >= 4 is 11.9 Å². The van der Waals surface area contributed by atoms with E-state index >= 15 is 0 Å². The Hall–Kier alpha value is -4.96. The Kier molecular flexibility index (Phi) is 7.71. The molecule has 5 rings (SSSR count). The predicted molar refractivity (Wildman–Crippen MR) is 148 cm³/mol. The fourth-order valence-corrected chi connectivity index (χ4v) is 4.34. The van der Waals surface area contributed by atoms with Crippen molar-refractivity contribution in [1.29, 1.82) is 0 Å². The lowest BCUT2D eigenvalue weighted by atomic mass is 9.87. The van der Waals surface area contributed by atoms with E-state index in [2.05, 4.69) is 0 Å². The molecule has 0 aromatic heterocycles. The van der Waals surface area contributed by atoms with E-state index in [4.69, 9.17) is 9.47 Å². The van der Waals surface area contributed by atoms with Gasteiger partial charge in [-0.1, -0.05) is 127 Å². The molecule has 0 saturated carbocycles. The number of carbonyl (C=O) groups is 2. The third-order valence-corrected chi connectivity index (χ3v) is 6.20. The summed E-state index contributed by atoms with van der Waals surface area (Å²) in [6.45, 7) is 0.182. The van der Waals surface area contributed by atoms with Crippen LogP contribution in [0, 0.1) is 0 Å². The molecule has 0 unspecified atom stereocenters. The summed E-state index contributed by atoms with van der Waals surface area (Å²) in [4.78, 5) is 27.2. The van der Waals surface area contributed by atoms with Gasteiger partial charge in [-0.25, -0.2) is 9.59 Å². The summed E-state index contributed by atoms with van der Waals surface area (Å²) in [5.74, 6) is -1.17. The van der Waals surface area contributed by atoms with Crippen LogP contribution in [0.4, 0.5) is 0 Å². The topological polar surface area (TPSA) is 52.6 Å². The van der Waals surface area contributed by atoms with Gasteiger partial charge in [0.25, 0.3) is 0 Å². The fourth-order valence-electron chi connectivity index (χ4n) is 4.34. The van der Waals surface area contributed by atoms with Gasteiger partial charge in [0, 0.05) is 5.56 Å². The highest BCUT2D eigenvalue weighted by atomic mass is 16.5. The highest BCUT2D eigenvalue weighted by Gasteiger charge is 2.27. The second kappa shape index (κ2) is 11.8. The first kappa shape index (κ1) is 24.7. The number of hydrogen-bond acceptors (Lipinski definition) is 4. The molecule has 0 fully saturated rings. The molecule has 0 aliphatic heterocycles. The normalized spacial score (nSPS) is 10.5. The van der Waals surface area contributed by atoms with Crippen molar-refractivity contribution in [2.45, 2.75) is 13.2 Å². The van der Waals surface area contributed by atoms with Crippen LogP contribution in [0.2, 0.25) is 0 Å². The number of benzene rings is 5. The Morgan fingerprint density at radius 1 is 0.474 bits per heavy atom. The maximum absolute atomic E-state index is 13.8. The predicted octanol–water partition coefficient (Wildman–Crippen LogP) is 7.73. The lowest BCUT2D eigenvalue weighted by Gasteiger charge is -2.18. The standard InChI is InChI=1S/C34H26O4/c35-33(37-23-25-13-5-1-6-14-25)30-22-21-29(27-17-9-3-10-18-27)31(28-19-11-4-12-20-28)32(30)34(36)38-24-26-15-7-2-8-16-26/h1-22H,23-24H2. The smallest absolute Gasteiger partial charge is 0.340 e. The molecule has 0 spiro atoms. The molecule has 5 aromatic carbocycles. The highest BCUT2D eigenvalue weighted by Crippen LogP contribution is 2.37. The van der Waals surface area contributed by atoms with Crippen LogP contribution in [-0.2, 0) is 22.7 Å². The van der Waals surface area contributed by atoms with Crippen molar-refractivity contribution in [3.05, 3.63) is 156 Å². The Bertz CT molecular complexity index is 1510. The van der Waals surface area contributed by atoms with Crippen LogP contribution in [0.15, 0.2) is 133 Å². The van der Waals surface area contributed by atoms with E-state index in [0.29, 0.717) is 5.56 Å². The Balaban J connectivity index is 1.61. The van der Waals surface area contributed by atoms with E-state index in [0.717, 1.165) is 27.8 Å². The minimum atomic E-state index is -0.586. The molecule has 0 aliphatic carbocycles. The summed E-state index contributed by atoms with van der Waals surface area (Å²) in [6.07, 6.45) is 0. The zero-order chi connectivity index (χ0) is 26.2. The molecule has 0 heterocycles. The minimum Gasteiger partial charge on any atom is -0.457 e. The molecule has 4 nitrogen and oxygen atoms in total. The molecule has 38 heavy (non-hydrogen) atoms. The van der Waals surface area contributed by atoms with Gasteiger partial charge < -0.3 is 9.47 Å². The molecule has 0 atom stereocenters. The van der Waals surface area contributed by atoms with Gasteiger partial charge in [-0.05, 0) is 33.9 Å². The molecule has 0 bridgehead atoms. The van der Waals surface area contributed by atoms with Gasteiger partial charge in [-0.15, -0.1) is 0 Å². The first-order valence-corrected chi connectivity index (χ1v) is 12.4. The SMILES string of the molecule is O=C(OCc1ccccc1)c1ccc(-c2ccccc2)c(-c2ccccc2)c1C(=O)OCc1ccccc1. The molecule has 0 radical (unpaired) electrons. The second-order valence-electron chi connectivity index (χ2n) is 8.77. The quantitative estimate of drug-likeness (QED) is 0.205. The summed E-state index contributed by atoms with van der Waals surface area (Å²) >= 11 is 0. The second-order valence-corrected chi connectivity index (χ2v) is 8.77. The number of hydrogen-bond donors (Lipinski definition) is 0. The largest absolute Gasteiger partial charge is 0.457 e. The summed E-state index contributed by atoms with van der Waals surface area (Å²) in [5, 5.41) is 0. The highest BCUT2D eigenvalue weighted by molar-refractivity contribution is 6.10. The van der Waals surface area contributed by atoms with E-state index in [9.17, 15) is 9.59 Å². The maximum Gasteiger partial charge on any atom is 0.340 e. The van der Waals surface area contributed by atoms with Crippen LogP contribution in [0.3, 0.4) is 0 Å². The molecule has 0 amide bonds. The molecule has 0 aliphatic rings. The van der Waals surface area contributed by atoms with Gasteiger partial charge in [0.2, 0.25) is 0 Å². The number of ether oxygens (including phenoxy) is 2.